The summed E-state index contributed by atoms with van der Waals surface area (Å²) in [6.07, 6.45) is 0. The highest BCUT2D eigenvalue weighted by molar-refractivity contribution is 5.90. The zero-order valence-corrected chi connectivity index (χ0v) is 10.1. The van der Waals surface area contributed by atoms with Crippen LogP contribution in [-0.2, 0) is 4.74 Å². The number of hydrogen-bond acceptors (Lipinski definition) is 4. The summed E-state index contributed by atoms with van der Waals surface area (Å²) in [6, 6.07) is 4.84. The van der Waals surface area contributed by atoms with Crippen LogP contribution in [0.4, 0.5) is 0 Å². The first-order chi connectivity index (χ1) is 8.22. The number of ether oxygens (including phenoxy) is 3. The van der Waals surface area contributed by atoms with Gasteiger partial charge in [0.05, 0.1) is 19.8 Å². The first-order valence-electron chi connectivity index (χ1n) is 5.01. The molecule has 0 fully saturated rings. The van der Waals surface area contributed by atoms with Crippen LogP contribution in [0.25, 0.3) is 0 Å². The zero-order chi connectivity index (χ0) is 12.7. The third kappa shape index (κ3) is 3.42. The Labute approximate surface area is 100 Å². The van der Waals surface area contributed by atoms with Crippen molar-refractivity contribution in [3.8, 4) is 23.3 Å². The fraction of sp³-hybridized carbons (Fsp3) is 0.308. The molecule has 1 aromatic carbocycles. The number of benzene rings is 1. The lowest BCUT2D eigenvalue weighted by molar-refractivity contribution is 0.0600. The van der Waals surface area contributed by atoms with Crippen LogP contribution in [0.3, 0.4) is 0 Å². The van der Waals surface area contributed by atoms with E-state index in [0.717, 1.165) is 0 Å². The van der Waals surface area contributed by atoms with Gasteiger partial charge in [0.2, 0.25) is 0 Å². The van der Waals surface area contributed by atoms with E-state index < -0.39 is 5.97 Å². The molecule has 0 aliphatic heterocycles. The van der Waals surface area contributed by atoms with Crippen LogP contribution in [0.2, 0.25) is 0 Å². The number of esters is 1. The largest absolute Gasteiger partial charge is 0.493 e. The SMILES string of the molecule is CC#CCOc1ccc(C(=O)OC)cc1OC. The van der Waals surface area contributed by atoms with Gasteiger partial charge in [0.1, 0.15) is 6.61 Å². The number of carbonyl (C=O) groups excluding carboxylic acids is 1. The summed E-state index contributed by atoms with van der Waals surface area (Å²) in [4.78, 5) is 11.3. The molecule has 0 saturated heterocycles. The van der Waals surface area contributed by atoms with E-state index in [9.17, 15) is 4.79 Å². The van der Waals surface area contributed by atoms with Crippen LogP contribution < -0.4 is 9.47 Å². The number of rotatable bonds is 4. The molecule has 0 saturated carbocycles. The van der Waals surface area contributed by atoms with Crippen LogP contribution >= 0.6 is 0 Å². The molecule has 0 aromatic heterocycles. The second-order valence-corrected chi connectivity index (χ2v) is 3.07. The van der Waals surface area contributed by atoms with Crippen molar-refractivity contribution in [2.24, 2.45) is 0 Å². The molecule has 17 heavy (non-hydrogen) atoms. The minimum atomic E-state index is -0.414. The molecule has 0 bridgehead atoms. The fourth-order valence-electron chi connectivity index (χ4n) is 1.22. The highest BCUT2D eigenvalue weighted by Crippen LogP contribution is 2.28. The Morgan fingerprint density at radius 1 is 1.29 bits per heavy atom. The summed E-state index contributed by atoms with van der Waals surface area (Å²) in [5.41, 5.74) is 0.415. The maximum Gasteiger partial charge on any atom is 0.337 e. The molecule has 0 atom stereocenters. The van der Waals surface area contributed by atoms with Crippen molar-refractivity contribution in [3.63, 3.8) is 0 Å². The van der Waals surface area contributed by atoms with Gasteiger partial charge in [-0.3, -0.25) is 0 Å². The molecule has 0 amide bonds. The highest BCUT2D eigenvalue weighted by atomic mass is 16.5. The van der Waals surface area contributed by atoms with Crippen LogP contribution in [0.15, 0.2) is 18.2 Å². The third-order valence-electron chi connectivity index (χ3n) is 2.06. The van der Waals surface area contributed by atoms with Crippen molar-refractivity contribution in [2.75, 3.05) is 20.8 Å². The lowest BCUT2D eigenvalue weighted by Gasteiger charge is -2.09. The minimum Gasteiger partial charge on any atom is -0.493 e. The monoisotopic (exact) mass is 234 g/mol. The molecule has 0 unspecified atom stereocenters. The van der Waals surface area contributed by atoms with E-state index in [1.54, 1.807) is 25.1 Å². The Morgan fingerprint density at radius 2 is 2.06 bits per heavy atom. The van der Waals surface area contributed by atoms with Crippen molar-refractivity contribution in [1.29, 1.82) is 0 Å². The Balaban J connectivity index is 2.91. The first kappa shape index (κ1) is 12.9. The molecule has 0 aliphatic rings. The van der Waals surface area contributed by atoms with Gasteiger partial charge in [0.25, 0.3) is 0 Å². The van der Waals surface area contributed by atoms with Gasteiger partial charge in [0.15, 0.2) is 11.5 Å². The number of methoxy groups -OCH3 is 2. The molecular formula is C13H14O4. The quantitative estimate of drug-likeness (QED) is 0.589. The molecule has 0 heterocycles. The molecule has 1 rings (SSSR count). The fourth-order valence-corrected chi connectivity index (χ4v) is 1.22. The van der Waals surface area contributed by atoms with Crippen LogP contribution in [0.1, 0.15) is 17.3 Å². The van der Waals surface area contributed by atoms with E-state index in [1.807, 2.05) is 0 Å². The van der Waals surface area contributed by atoms with E-state index in [4.69, 9.17) is 9.47 Å². The van der Waals surface area contributed by atoms with Crippen molar-refractivity contribution in [2.45, 2.75) is 6.92 Å². The van der Waals surface area contributed by atoms with Crippen LogP contribution in [0.5, 0.6) is 11.5 Å². The summed E-state index contributed by atoms with van der Waals surface area (Å²) >= 11 is 0. The van der Waals surface area contributed by atoms with E-state index in [-0.39, 0.29) is 6.61 Å². The Morgan fingerprint density at radius 3 is 2.65 bits per heavy atom. The van der Waals surface area contributed by atoms with Gasteiger partial charge < -0.3 is 14.2 Å². The molecule has 4 heteroatoms. The number of hydrogen-bond donors (Lipinski definition) is 0. The first-order valence-corrected chi connectivity index (χ1v) is 5.01. The Hall–Kier alpha value is -2.15. The molecule has 0 aliphatic carbocycles. The van der Waals surface area contributed by atoms with E-state index in [0.29, 0.717) is 17.1 Å². The lowest BCUT2D eigenvalue weighted by atomic mass is 10.2. The smallest absolute Gasteiger partial charge is 0.337 e. The lowest BCUT2D eigenvalue weighted by Crippen LogP contribution is -2.03. The number of carbonyl (C=O) groups is 1. The summed E-state index contributed by atoms with van der Waals surface area (Å²) in [5, 5.41) is 0. The third-order valence-corrected chi connectivity index (χ3v) is 2.06. The normalized spacial score (nSPS) is 8.88. The molecule has 0 N–H and O–H groups in total. The topological polar surface area (TPSA) is 44.8 Å². The van der Waals surface area contributed by atoms with Crippen molar-refractivity contribution >= 4 is 5.97 Å². The van der Waals surface area contributed by atoms with Crippen molar-refractivity contribution in [3.05, 3.63) is 23.8 Å². The molecule has 0 spiro atoms. The Kier molecular flexibility index (Phi) is 4.89. The average molecular weight is 234 g/mol. The molecule has 1 aromatic rings. The van der Waals surface area contributed by atoms with Gasteiger partial charge in [-0.05, 0) is 25.1 Å². The average Bonchev–Trinajstić information content (AvgIpc) is 2.38. The van der Waals surface area contributed by atoms with E-state index in [1.165, 1.54) is 14.2 Å². The molecule has 90 valence electrons. The maximum absolute atomic E-state index is 11.3. The van der Waals surface area contributed by atoms with Gasteiger partial charge >= 0.3 is 5.97 Å². The standard InChI is InChI=1S/C13H14O4/c1-4-5-8-17-11-7-6-10(13(14)16-3)9-12(11)15-2/h6-7,9H,8H2,1-3H3. The summed E-state index contributed by atoms with van der Waals surface area (Å²) in [7, 11) is 2.84. The van der Waals surface area contributed by atoms with Crippen LogP contribution in [-0.4, -0.2) is 26.8 Å². The van der Waals surface area contributed by atoms with Crippen molar-refractivity contribution in [1.82, 2.24) is 0 Å². The molecular weight excluding hydrogens is 220 g/mol. The highest BCUT2D eigenvalue weighted by Gasteiger charge is 2.10. The molecule has 0 radical (unpaired) electrons. The summed E-state index contributed by atoms with van der Waals surface area (Å²) in [6.45, 7) is 2.02. The predicted molar refractivity (Wildman–Crippen MR) is 63.3 cm³/mol. The minimum absolute atomic E-state index is 0.282. The van der Waals surface area contributed by atoms with Gasteiger partial charge in [0, 0.05) is 0 Å². The van der Waals surface area contributed by atoms with Gasteiger partial charge in [-0.15, -0.1) is 5.92 Å². The van der Waals surface area contributed by atoms with E-state index in [2.05, 4.69) is 16.6 Å². The summed E-state index contributed by atoms with van der Waals surface area (Å²) < 4.78 is 15.1. The maximum atomic E-state index is 11.3. The van der Waals surface area contributed by atoms with Crippen molar-refractivity contribution < 1.29 is 19.0 Å². The molecule has 4 nitrogen and oxygen atoms in total. The van der Waals surface area contributed by atoms with Gasteiger partial charge in [-0.1, -0.05) is 5.92 Å². The van der Waals surface area contributed by atoms with Gasteiger partial charge in [-0.2, -0.15) is 0 Å². The van der Waals surface area contributed by atoms with E-state index >= 15 is 0 Å². The second-order valence-electron chi connectivity index (χ2n) is 3.07. The summed E-state index contributed by atoms with van der Waals surface area (Å²) in [5.74, 6) is 6.11. The zero-order valence-electron chi connectivity index (χ0n) is 10.1. The van der Waals surface area contributed by atoms with Gasteiger partial charge in [-0.25, -0.2) is 4.79 Å². The predicted octanol–water partition coefficient (Wildman–Crippen LogP) is 1.88. The Bertz CT molecular complexity index is 454. The second kappa shape index (κ2) is 6.44. The van der Waals surface area contributed by atoms with Crippen LogP contribution in [0, 0.1) is 11.8 Å².